The molecule has 178 valence electrons. The average Bonchev–Trinajstić information content (AvgIpc) is 2.66. The van der Waals surface area contributed by atoms with Crippen molar-refractivity contribution >= 4 is 40.5 Å². The van der Waals surface area contributed by atoms with Gasteiger partial charge in [-0.2, -0.15) is 0 Å². The molecule has 0 heterocycles. The third-order valence-electron chi connectivity index (χ3n) is 4.64. The van der Waals surface area contributed by atoms with Crippen LogP contribution in [0.15, 0.2) is 0 Å². The Morgan fingerprint density at radius 2 is 1.71 bits per heavy atom. The second kappa shape index (κ2) is 16.6. The molecule has 31 heavy (non-hydrogen) atoms. The zero-order valence-corrected chi connectivity index (χ0v) is 19.7. The number of rotatable bonds is 17. The van der Waals surface area contributed by atoms with Crippen molar-refractivity contribution in [3.05, 3.63) is 0 Å². The molecule has 0 spiro atoms. The van der Waals surface area contributed by atoms with Gasteiger partial charge in [-0.1, -0.05) is 32.0 Å². The zero-order chi connectivity index (χ0) is 23.8. The van der Waals surface area contributed by atoms with Crippen LogP contribution in [0.4, 0.5) is 0 Å². The van der Waals surface area contributed by atoms with E-state index in [4.69, 9.17) is 11.1 Å². The molecule has 1 unspecified atom stereocenters. The van der Waals surface area contributed by atoms with Gasteiger partial charge in [-0.3, -0.25) is 19.8 Å². The SMILES string of the molecule is CC(=O)SCC(CC(C)C)C(=O)CCCCCC(=O)N[C@@H](CCCNC(=N)N)C(=O)O. The van der Waals surface area contributed by atoms with E-state index in [2.05, 4.69) is 24.5 Å². The number of carboxylic acid groups (broad SMARTS) is 1. The van der Waals surface area contributed by atoms with E-state index in [0.29, 0.717) is 50.3 Å². The van der Waals surface area contributed by atoms with Gasteiger partial charge in [0.15, 0.2) is 11.1 Å². The lowest BCUT2D eigenvalue weighted by Gasteiger charge is -2.17. The number of thioether (sulfide) groups is 1. The predicted molar refractivity (Wildman–Crippen MR) is 123 cm³/mol. The van der Waals surface area contributed by atoms with Gasteiger partial charge >= 0.3 is 5.97 Å². The Morgan fingerprint density at radius 3 is 2.26 bits per heavy atom. The van der Waals surface area contributed by atoms with Crippen LogP contribution in [0.5, 0.6) is 0 Å². The van der Waals surface area contributed by atoms with Crippen molar-refractivity contribution in [3.63, 3.8) is 0 Å². The maximum Gasteiger partial charge on any atom is 0.326 e. The van der Waals surface area contributed by atoms with Gasteiger partial charge in [0.25, 0.3) is 0 Å². The van der Waals surface area contributed by atoms with E-state index < -0.39 is 12.0 Å². The third kappa shape index (κ3) is 16.3. The molecule has 6 N–H and O–H groups in total. The first-order valence-electron chi connectivity index (χ1n) is 10.8. The monoisotopic (exact) mass is 458 g/mol. The summed E-state index contributed by atoms with van der Waals surface area (Å²) in [5.74, 6) is -0.654. The van der Waals surface area contributed by atoms with Gasteiger partial charge < -0.3 is 21.5 Å². The average molecular weight is 459 g/mol. The fourth-order valence-electron chi connectivity index (χ4n) is 3.10. The Morgan fingerprint density at radius 1 is 1.06 bits per heavy atom. The molecule has 0 saturated heterocycles. The van der Waals surface area contributed by atoms with E-state index in [1.54, 1.807) is 0 Å². The van der Waals surface area contributed by atoms with E-state index in [-0.39, 0.29) is 41.5 Å². The van der Waals surface area contributed by atoms with Crippen LogP contribution < -0.4 is 16.4 Å². The van der Waals surface area contributed by atoms with Crippen LogP contribution in [-0.2, 0) is 19.2 Å². The number of guanidine groups is 1. The molecule has 0 aliphatic heterocycles. The molecule has 0 saturated carbocycles. The number of hydrogen-bond acceptors (Lipinski definition) is 6. The quantitative estimate of drug-likeness (QED) is 0.126. The molecule has 0 radical (unpaired) electrons. The number of unbranched alkanes of at least 4 members (excludes halogenated alkanes) is 2. The number of nitrogens with one attached hydrogen (secondary N) is 3. The summed E-state index contributed by atoms with van der Waals surface area (Å²) < 4.78 is 0. The summed E-state index contributed by atoms with van der Waals surface area (Å²) in [6, 6.07) is -0.974. The molecule has 0 aromatic heterocycles. The Hall–Kier alpha value is -2.10. The number of amides is 1. The van der Waals surface area contributed by atoms with Gasteiger partial charge in [0.2, 0.25) is 5.91 Å². The first kappa shape index (κ1) is 28.9. The highest BCUT2D eigenvalue weighted by molar-refractivity contribution is 8.13. The predicted octanol–water partition coefficient (Wildman–Crippen LogP) is 2.28. The number of carboxylic acids is 1. The largest absolute Gasteiger partial charge is 0.480 e. The van der Waals surface area contributed by atoms with E-state index in [1.807, 2.05) is 0 Å². The van der Waals surface area contributed by atoms with Gasteiger partial charge in [-0.25, -0.2) is 4.79 Å². The normalized spacial score (nSPS) is 12.8. The van der Waals surface area contributed by atoms with Gasteiger partial charge in [0.1, 0.15) is 11.8 Å². The molecule has 0 fully saturated rings. The number of carbonyl (C=O) groups excluding carboxylic acids is 3. The molecular weight excluding hydrogens is 420 g/mol. The summed E-state index contributed by atoms with van der Waals surface area (Å²) in [6.07, 6.45) is 4.05. The maximum absolute atomic E-state index is 12.5. The minimum Gasteiger partial charge on any atom is -0.480 e. The molecule has 0 aromatic rings. The summed E-state index contributed by atoms with van der Waals surface area (Å²) in [7, 11) is 0. The van der Waals surface area contributed by atoms with Crippen LogP contribution in [0, 0.1) is 17.2 Å². The summed E-state index contributed by atoms with van der Waals surface area (Å²) in [4.78, 5) is 47.0. The number of aliphatic carboxylic acids is 1. The number of Topliss-reactive ketones (excluding diaryl/α,β-unsaturated/α-hetero) is 1. The Bertz CT molecular complexity index is 613. The molecule has 0 aromatic carbocycles. The Labute approximate surface area is 189 Å². The van der Waals surface area contributed by atoms with Gasteiger partial charge in [-0.05, 0) is 38.0 Å². The fraction of sp³-hybridized carbons (Fsp3) is 0.762. The van der Waals surface area contributed by atoms with Crippen molar-refractivity contribution < 1.29 is 24.3 Å². The summed E-state index contributed by atoms with van der Waals surface area (Å²) in [6.45, 7) is 5.99. The van der Waals surface area contributed by atoms with Gasteiger partial charge in [0, 0.05) is 38.0 Å². The standard InChI is InChI=1S/C21H38N4O5S/c1-14(2)12-16(13-31-15(3)26)18(27)9-5-4-6-10-19(28)25-17(20(29)30)8-7-11-24-21(22)23/h14,16-17H,4-13H2,1-3H3,(H,25,28)(H,29,30)(H4,22,23,24)/t16?,17-/m0/s1. The van der Waals surface area contributed by atoms with Crippen LogP contribution in [0.25, 0.3) is 0 Å². The van der Waals surface area contributed by atoms with Gasteiger partial charge in [0.05, 0.1) is 0 Å². The molecule has 0 aliphatic carbocycles. The summed E-state index contributed by atoms with van der Waals surface area (Å²) in [5.41, 5.74) is 5.16. The minimum absolute atomic E-state index is 0.0161. The first-order valence-corrected chi connectivity index (χ1v) is 11.8. The Balaban J connectivity index is 4.20. The minimum atomic E-state index is -1.10. The van der Waals surface area contributed by atoms with Crippen molar-refractivity contribution in [2.75, 3.05) is 12.3 Å². The maximum atomic E-state index is 12.5. The number of hydrogen-bond donors (Lipinski definition) is 5. The molecule has 0 bridgehead atoms. The Kier molecular flexibility index (Phi) is 15.5. The first-order chi connectivity index (χ1) is 14.5. The van der Waals surface area contributed by atoms with Crippen LogP contribution >= 0.6 is 11.8 Å². The number of carbonyl (C=O) groups is 4. The van der Waals surface area contributed by atoms with E-state index >= 15 is 0 Å². The lowest BCUT2D eigenvalue weighted by molar-refractivity contribution is -0.142. The number of ketones is 1. The second-order valence-corrected chi connectivity index (χ2v) is 9.29. The van der Waals surface area contributed by atoms with Crippen molar-refractivity contribution in [1.82, 2.24) is 10.6 Å². The summed E-state index contributed by atoms with van der Waals surface area (Å²) in [5, 5.41) is 21.4. The fourth-order valence-corrected chi connectivity index (χ4v) is 3.86. The second-order valence-electron chi connectivity index (χ2n) is 8.10. The topological polar surface area (TPSA) is 162 Å². The highest BCUT2D eigenvalue weighted by Gasteiger charge is 2.21. The van der Waals surface area contributed by atoms with Crippen molar-refractivity contribution in [2.45, 2.75) is 78.2 Å². The highest BCUT2D eigenvalue weighted by atomic mass is 32.2. The molecule has 10 heteroatoms. The molecule has 1 amide bonds. The van der Waals surface area contributed by atoms with E-state index in [9.17, 15) is 24.3 Å². The molecule has 2 atom stereocenters. The highest BCUT2D eigenvalue weighted by Crippen LogP contribution is 2.21. The molecular formula is C21H38N4O5S. The van der Waals surface area contributed by atoms with Crippen molar-refractivity contribution in [3.8, 4) is 0 Å². The van der Waals surface area contributed by atoms with E-state index in [0.717, 1.165) is 6.42 Å². The van der Waals surface area contributed by atoms with Crippen LogP contribution in [0.2, 0.25) is 0 Å². The smallest absolute Gasteiger partial charge is 0.326 e. The summed E-state index contributed by atoms with van der Waals surface area (Å²) >= 11 is 1.19. The molecule has 9 nitrogen and oxygen atoms in total. The third-order valence-corrected chi connectivity index (χ3v) is 5.62. The van der Waals surface area contributed by atoms with Crippen LogP contribution in [-0.4, -0.2) is 52.2 Å². The van der Waals surface area contributed by atoms with Crippen molar-refractivity contribution in [1.29, 1.82) is 5.41 Å². The van der Waals surface area contributed by atoms with Gasteiger partial charge in [-0.15, -0.1) is 0 Å². The van der Waals surface area contributed by atoms with Crippen LogP contribution in [0.1, 0.15) is 72.1 Å². The lowest BCUT2D eigenvalue weighted by atomic mass is 9.92. The van der Waals surface area contributed by atoms with Crippen LogP contribution in [0.3, 0.4) is 0 Å². The van der Waals surface area contributed by atoms with Crippen molar-refractivity contribution in [2.24, 2.45) is 17.6 Å². The molecule has 0 aliphatic rings. The molecule has 0 rings (SSSR count). The lowest BCUT2D eigenvalue weighted by Crippen LogP contribution is -2.41. The zero-order valence-electron chi connectivity index (χ0n) is 18.9. The van der Waals surface area contributed by atoms with E-state index in [1.165, 1.54) is 18.7 Å². The number of nitrogens with two attached hydrogens (primary N) is 1.